The molecule has 8 nitrogen and oxygen atoms in total. The minimum absolute atomic E-state index is 0.293. The number of para-hydroxylation sites is 3. The molecule has 0 fully saturated rings. The van der Waals surface area contributed by atoms with E-state index in [-0.39, 0.29) is 12.0 Å². The monoisotopic (exact) mass is 566 g/mol. The number of esters is 1. The summed E-state index contributed by atoms with van der Waals surface area (Å²) in [6, 6.07) is 31.6. The summed E-state index contributed by atoms with van der Waals surface area (Å²) in [5.74, 6) is 1.70. The molecule has 0 saturated carbocycles. The Labute approximate surface area is 250 Å². The molecule has 0 aliphatic carbocycles. The molecule has 5 aromatic rings. The van der Waals surface area contributed by atoms with Crippen molar-refractivity contribution < 1.29 is 9.53 Å². The molecule has 4 aromatic carbocycles. The van der Waals surface area contributed by atoms with Gasteiger partial charge in [-0.15, -0.1) is 0 Å². The van der Waals surface area contributed by atoms with Crippen LogP contribution in [0.2, 0.25) is 0 Å². The molecule has 0 saturated heterocycles. The lowest BCUT2D eigenvalue weighted by Crippen LogP contribution is -2.48. The minimum Gasteiger partial charge on any atom is -0.465 e. The van der Waals surface area contributed by atoms with Crippen LogP contribution in [-0.2, 0) is 4.74 Å². The second-order valence-electron chi connectivity index (χ2n) is 10.7. The van der Waals surface area contributed by atoms with Crippen LogP contribution < -0.4 is 10.2 Å². The van der Waals surface area contributed by atoms with Crippen LogP contribution in [0.4, 0.5) is 22.9 Å². The SMILES string of the molecule is COC(=O)c1ccc(C2c3c(C)nn(-c4ccccc4)c3N=C3C(=Nc4cccc(C)c4C)Nc4ccccc4N32)cc1. The highest BCUT2D eigenvalue weighted by Gasteiger charge is 2.42. The summed E-state index contributed by atoms with van der Waals surface area (Å²) in [7, 11) is 1.39. The van der Waals surface area contributed by atoms with Crippen LogP contribution in [0.25, 0.3) is 5.69 Å². The zero-order valence-electron chi connectivity index (χ0n) is 24.4. The maximum atomic E-state index is 12.3. The number of carbonyl (C=O) groups excluding carboxylic acids is 1. The van der Waals surface area contributed by atoms with Crippen molar-refractivity contribution in [3.8, 4) is 5.69 Å². The van der Waals surface area contributed by atoms with Gasteiger partial charge in [0.05, 0.1) is 47.2 Å². The molecule has 212 valence electrons. The molecule has 0 amide bonds. The Morgan fingerprint density at radius 2 is 1.63 bits per heavy atom. The molecular weight excluding hydrogens is 536 g/mol. The van der Waals surface area contributed by atoms with Crippen LogP contribution in [0.1, 0.15) is 44.3 Å². The van der Waals surface area contributed by atoms with E-state index in [1.165, 1.54) is 12.7 Å². The van der Waals surface area contributed by atoms with E-state index in [0.717, 1.165) is 51.0 Å². The average Bonchev–Trinajstić information content (AvgIpc) is 3.38. The quantitative estimate of drug-likeness (QED) is 0.230. The molecule has 2 aliphatic heterocycles. The number of ether oxygens (including phenoxy) is 1. The number of methoxy groups -OCH3 is 1. The van der Waals surface area contributed by atoms with E-state index in [9.17, 15) is 4.79 Å². The topological polar surface area (TPSA) is 84.1 Å². The smallest absolute Gasteiger partial charge is 0.337 e. The summed E-state index contributed by atoms with van der Waals surface area (Å²) in [5.41, 5.74) is 9.31. The second-order valence-corrected chi connectivity index (χ2v) is 10.7. The zero-order chi connectivity index (χ0) is 29.7. The fourth-order valence-corrected chi connectivity index (χ4v) is 5.79. The van der Waals surface area contributed by atoms with Gasteiger partial charge in [-0.05, 0) is 79.9 Å². The van der Waals surface area contributed by atoms with Gasteiger partial charge in [-0.2, -0.15) is 5.10 Å². The van der Waals surface area contributed by atoms with Crippen molar-refractivity contribution >= 4 is 40.5 Å². The Balaban J connectivity index is 1.51. The Morgan fingerprint density at radius 3 is 2.40 bits per heavy atom. The second kappa shape index (κ2) is 10.4. The Morgan fingerprint density at radius 1 is 0.884 bits per heavy atom. The van der Waals surface area contributed by atoms with E-state index in [2.05, 4.69) is 42.3 Å². The molecule has 8 heteroatoms. The number of hydrogen-bond donors (Lipinski definition) is 1. The number of nitrogens with one attached hydrogen (secondary N) is 1. The van der Waals surface area contributed by atoms with Gasteiger partial charge in [0.25, 0.3) is 0 Å². The molecular formula is C35H30N6O2. The van der Waals surface area contributed by atoms with Gasteiger partial charge < -0.3 is 15.0 Å². The number of carbonyl (C=O) groups is 1. The number of aryl methyl sites for hydroxylation is 2. The number of fused-ring (bicyclic) bond motifs is 4. The van der Waals surface area contributed by atoms with Crippen LogP contribution in [0.5, 0.6) is 0 Å². The third-order valence-electron chi connectivity index (χ3n) is 8.14. The van der Waals surface area contributed by atoms with E-state index in [4.69, 9.17) is 19.8 Å². The molecule has 1 N–H and O–H groups in total. The largest absolute Gasteiger partial charge is 0.465 e. The average molecular weight is 567 g/mol. The van der Waals surface area contributed by atoms with Gasteiger partial charge in [-0.3, -0.25) is 0 Å². The number of aromatic nitrogens is 2. The lowest BCUT2D eigenvalue weighted by Gasteiger charge is -2.42. The summed E-state index contributed by atoms with van der Waals surface area (Å²) < 4.78 is 6.87. The third kappa shape index (κ3) is 4.39. The van der Waals surface area contributed by atoms with Crippen LogP contribution in [0.15, 0.2) is 107 Å². The van der Waals surface area contributed by atoms with Crippen molar-refractivity contribution in [2.45, 2.75) is 26.8 Å². The number of aliphatic imine (C=N–C) groups is 2. The summed E-state index contributed by atoms with van der Waals surface area (Å²) >= 11 is 0. The number of benzene rings is 4. The maximum absolute atomic E-state index is 12.3. The van der Waals surface area contributed by atoms with Crippen molar-refractivity contribution in [2.24, 2.45) is 9.98 Å². The fourth-order valence-electron chi connectivity index (χ4n) is 5.79. The Kier molecular flexibility index (Phi) is 6.39. The van der Waals surface area contributed by atoms with Gasteiger partial charge in [-0.25, -0.2) is 19.5 Å². The molecule has 1 atom stereocenters. The Bertz CT molecular complexity index is 1940. The van der Waals surface area contributed by atoms with Crippen LogP contribution in [-0.4, -0.2) is 34.5 Å². The van der Waals surface area contributed by atoms with E-state index >= 15 is 0 Å². The molecule has 0 radical (unpaired) electrons. The third-order valence-corrected chi connectivity index (χ3v) is 8.14. The van der Waals surface area contributed by atoms with Crippen LogP contribution in [0, 0.1) is 20.8 Å². The van der Waals surface area contributed by atoms with Crippen molar-refractivity contribution in [3.63, 3.8) is 0 Å². The van der Waals surface area contributed by atoms with Gasteiger partial charge in [-0.1, -0.05) is 54.6 Å². The van der Waals surface area contributed by atoms with Crippen LogP contribution >= 0.6 is 0 Å². The van der Waals surface area contributed by atoms with E-state index < -0.39 is 0 Å². The van der Waals surface area contributed by atoms with Gasteiger partial charge >= 0.3 is 5.97 Å². The number of rotatable bonds is 4. The van der Waals surface area contributed by atoms with Crippen LogP contribution in [0.3, 0.4) is 0 Å². The maximum Gasteiger partial charge on any atom is 0.337 e. The molecule has 0 spiro atoms. The number of anilines is 2. The summed E-state index contributed by atoms with van der Waals surface area (Å²) in [6.07, 6.45) is 0. The number of nitrogens with zero attached hydrogens (tertiary/aromatic N) is 5. The van der Waals surface area contributed by atoms with Crippen molar-refractivity contribution in [1.82, 2.24) is 9.78 Å². The van der Waals surface area contributed by atoms with Gasteiger partial charge in [0.1, 0.15) is 0 Å². The lowest BCUT2D eigenvalue weighted by atomic mass is 9.92. The highest BCUT2D eigenvalue weighted by Crippen LogP contribution is 2.47. The first-order valence-corrected chi connectivity index (χ1v) is 14.2. The van der Waals surface area contributed by atoms with E-state index in [0.29, 0.717) is 17.2 Å². The van der Waals surface area contributed by atoms with Gasteiger partial charge in [0, 0.05) is 5.56 Å². The number of hydrogen-bond acceptors (Lipinski definition) is 6. The molecule has 43 heavy (non-hydrogen) atoms. The minimum atomic E-state index is -0.373. The summed E-state index contributed by atoms with van der Waals surface area (Å²) in [5, 5.41) is 8.57. The Hall–Kier alpha value is -5.50. The van der Waals surface area contributed by atoms with E-state index in [1.807, 2.05) is 90.5 Å². The lowest BCUT2D eigenvalue weighted by molar-refractivity contribution is 0.0600. The fraction of sp³-hybridized carbons (Fsp3) is 0.143. The predicted octanol–water partition coefficient (Wildman–Crippen LogP) is 7.38. The van der Waals surface area contributed by atoms with Crippen molar-refractivity contribution in [1.29, 1.82) is 0 Å². The summed E-state index contributed by atoms with van der Waals surface area (Å²) in [4.78, 5) is 25.0. The van der Waals surface area contributed by atoms with Gasteiger partial charge in [0.2, 0.25) is 0 Å². The molecule has 7 rings (SSSR count). The predicted molar refractivity (Wildman–Crippen MR) is 171 cm³/mol. The van der Waals surface area contributed by atoms with Crippen molar-refractivity contribution in [2.75, 3.05) is 17.3 Å². The molecule has 2 aliphatic rings. The number of amidine groups is 2. The first-order valence-electron chi connectivity index (χ1n) is 14.2. The first kappa shape index (κ1) is 26.4. The first-order chi connectivity index (χ1) is 20.9. The molecule has 1 aromatic heterocycles. The molecule has 3 heterocycles. The standard InChI is InChI=1S/C35H30N6O2/c1-21-11-10-15-27(22(21)2)36-32-34-38-33-30(23(3)39-41(33)26-12-6-5-7-13-26)31(24-17-19-25(20-18-24)35(42)43-4)40(34)29-16-9-8-14-28(29)37-32/h5-20,31H,1-4H3,(H,36,37). The zero-order valence-corrected chi connectivity index (χ0v) is 24.4. The normalized spacial score (nSPS) is 16.1. The highest BCUT2D eigenvalue weighted by molar-refractivity contribution is 6.52. The molecule has 1 unspecified atom stereocenters. The van der Waals surface area contributed by atoms with Gasteiger partial charge in [0.15, 0.2) is 17.5 Å². The van der Waals surface area contributed by atoms with E-state index in [1.54, 1.807) is 0 Å². The highest BCUT2D eigenvalue weighted by atomic mass is 16.5. The van der Waals surface area contributed by atoms with Crippen molar-refractivity contribution in [3.05, 3.63) is 131 Å². The molecule has 0 bridgehead atoms. The summed E-state index contributed by atoms with van der Waals surface area (Å²) in [6.45, 7) is 6.20.